The molecule has 2 heteroatoms. The minimum absolute atomic E-state index is 0.211. The molecule has 0 bridgehead atoms. The molecule has 1 rings (SSSR count). The molecule has 0 heterocycles. The highest BCUT2D eigenvalue weighted by molar-refractivity contribution is 6.01. The van der Waals surface area contributed by atoms with Crippen molar-refractivity contribution >= 4 is 5.78 Å². The highest BCUT2D eigenvalue weighted by Crippen LogP contribution is 2.30. The van der Waals surface area contributed by atoms with E-state index in [1.54, 1.807) is 7.11 Å². The molecule has 0 aliphatic carbocycles. The van der Waals surface area contributed by atoms with Crippen molar-refractivity contribution in [2.45, 2.75) is 41.0 Å². The SMILES string of the molecule is CCC(C)(C)C(=O)c1cc(C)c(OC)cc1C. The van der Waals surface area contributed by atoms with Crippen molar-refractivity contribution in [3.05, 3.63) is 28.8 Å². The number of carbonyl (C=O) groups excluding carboxylic acids is 1. The third-order valence-corrected chi connectivity index (χ3v) is 3.49. The number of benzene rings is 1. The molecule has 0 aliphatic rings. The maximum absolute atomic E-state index is 12.4. The van der Waals surface area contributed by atoms with Gasteiger partial charge in [0.15, 0.2) is 5.78 Å². The second-order valence-corrected chi connectivity index (χ2v) is 5.20. The van der Waals surface area contributed by atoms with Gasteiger partial charge in [0.1, 0.15) is 5.75 Å². The van der Waals surface area contributed by atoms with Gasteiger partial charge in [-0.05, 0) is 43.5 Å². The van der Waals surface area contributed by atoms with Gasteiger partial charge < -0.3 is 4.74 Å². The fourth-order valence-electron chi connectivity index (χ4n) is 1.78. The van der Waals surface area contributed by atoms with Crippen LogP contribution in [0.2, 0.25) is 0 Å². The summed E-state index contributed by atoms with van der Waals surface area (Å²) in [6.45, 7) is 9.96. The Morgan fingerprint density at radius 1 is 1.24 bits per heavy atom. The number of ether oxygens (including phenoxy) is 1. The van der Waals surface area contributed by atoms with Gasteiger partial charge in [-0.25, -0.2) is 0 Å². The van der Waals surface area contributed by atoms with Crippen molar-refractivity contribution < 1.29 is 9.53 Å². The average Bonchev–Trinajstić information content (AvgIpc) is 2.30. The lowest BCUT2D eigenvalue weighted by atomic mass is 9.80. The van der Waals surface area contributed by atoms with Crippen molar-refractivity contribution in [2.75, 3.05) is 7.11 Å². The summed E-state index contributed by atoms with van der Waals surface area (Å²) in [4.78, 5) is 12.4. The van der Waals surface area contributed by atoms with E-state index in [1.165, 1.54) is 0 Å². The number of methoxy groups -OCH3 is 1. The van der Waals surface area contributed by atoms with Crippen LogP contribution in [-0.4, -0.2) is 12.9 Å². The zero-order chi connectivity index (χ0) is 13.2. The number of hydrogen-bond donors (Lipinski definition) is 0. The van der Waals surface area contributed by atoms with Gasteiger partial charge in [-0.1, -0.05) is 20.8 Å². The normalized spacial score (nSPS) is 11.4. The highest BCUT2D eigenvalue weighted by Gasteiger charge is 2.28. The minimum Gasteiger partial charge on any atom is -0.496 e. The molecular weight excluding hydrogens is 212 g/mol. The third kappa shape index (κ3) is 2.68. The molecule has 2 nitrogen and oxygen atoms in total. The first-order valence-corrected chi connectivity index (χ1v) is 6.03. The van der Waals surface area contributed by atoms with Crippen LogP contribution in [0.5, 0.6) is 5.75 Å². The van der Waals surface area contributed by atoms with Crippen LogP contribution in [0, 0.1) is 19.3 Å². The number of Topliss-reactive ketones (excluding diaryl/α,β-unsaturated/α-hetero) is 1. The number of rotatable bonds is 4. The van der Waals surface area contributed by atoms with E-state index in [2.05, 4.69) is 0 Å². The first-order valence-electron chi connectivity index (χ1n) is 6.03. The molecule has 0 unspecified atom stereocenters. The minimum atomic E-state index is -0.300. The molecule has 0 saturated heterocycles. The van der Waals surface area contributed by atoms with Crippen LogP contribution in [0.15, 0.2) is 12.1 Å². The summed E-state index contributed by atoms with van der Waals surface area (Å²) in [5.74, 6) is 1.05. The van der Waals surface area contributed by atoms with Gasteiger partial charge in [-0.3, -0.25) is 4.79 Å². The molecule has 0 aromatic heterocycles. The van der Waals surface area contributed by atoms with Crippen LogP contribution in [0.1, 0.15) is 48.7 Å². The van der Waals surface area contributed by atoms with E-state index in [0.717, 1.165) is 28.9 Å². The van der Waals surface area contributed by atoms with Crippen molar-refractivity contribution in [1.29, 1.82) is 0 Å². The topological polar surface area (TPSA) is 26.3 Å². The maximum atomic E-state index is 12.4. The molecule has 0 amide bonds. The summed E-state index contributed by atoms with van der Waals surface area (Å²) >= 11 is 0. The first kappa shape index (κ1) is 13.8. The maximum Gasteiger partial charge on any atom is 0.168 e. The summed E-state index contributed by atoms with van der Waals surface area (Å²) in [5.41, 5.74) is 2.51. The second kappa shape index (κ2) is 4.91. The lowest BCUT2D eigenvalue weighted by molar-refractivity contribution is 0.0832. The number of ketones is 1. The second-order valence-electron chi connectivity index (χ2n) is 5.20. The molecule has 0 fully saturated rings. The Labute approximate surface area is 104 Å². The van der Waals surface area contributed by atoms with E-state index in [-0.39, 0.29) is 11.2 Å². The van der Waals surface area contributed by atoms with Gasteiger partial charge in [0.25, 0.3) is 0 Å². The van der Waals surface area contributed by atoms with Crippen LogP contribution < -0.4 is 4.74 Å². The van der Waals surface area contributed by atoms with E-state index < -0.39 is 0 Å². The fraction of sp³-hybridized carbons (Fsp3) is 0.533. The van der Waals surface area contributed by atoms with Crippen molar-refractivity contribution in [2.24, 2.45) is 5.41 Å². The Bertz CT molecular complexity index is 431. The van der Waals surface area contributed by atoms with Crippen molar-refractivity contribution in [3.8, 4) is 5.75 Å². The van der Waals surface area contributed by atoms with E-state index in [9.17, 15) is 4.79 Å². The number of carbonyl (C=O) groups is 1. The Morgan fingerprint density at radius 3 is 2.29 bits per heavy atom. The summed E-state index contributed by atoms with van der Waals surface area (Å²) in [7, 11) is 1.65. The van der Waals surface area contributed by atoms with Crippen LogP contribution >= 0.6 is 0 Å². The van der Waals surface area contributed by atoms with Gasteiger partial charge in [0, 0.05) is 11.0 Å². The Hall–Kier alpha value is -1.31. The predicted octanol–water partition coefficient (Wildman–Crippen LogP) is 3.93. The van der Waals surface area contributed by atoms with Crippen LogP contribution in [0.3, 0.4) is 0 Å². The van der Waals surface area contributed by atoms with Crippen LogP contribution in [-0.2, 0) is 0 Å². The lowest BCUT2D eigenvalue weighted by Crippen LogP contribution is -2.24. The third-order valence-electron chi connectivity index (χ3n) is 3.49. The summed E-state index contributed by atoms with van der Waals surface area (Å²) in [5, 5.41) is 0. The first-order chi connectivity index (χ1) is 7.83. The standard InChI is InChI=1S/C15H22O2/c1-7-15(4,5)14(16)12-8-11(3)13(17-6)9-10(12)2/h8-9H,7H2,1-6H3. The zero-order valence-electron chi connectivity index (χ0n) is 11.7. The molecule has 0 saturated carbocycles. The molecule has 94 valence electrons. The van der Waals surface area contributed by atoms with Crippen molar-refractivity contribution in [3.63, 3.8) is 0 Å². The summed E-state index contributed by atoms with van der Waals surface area (Å²) < 4.78 is 5.26. The molecule has 0 radical (unpaired) electrons. The van der Waals surface area contributed by atoms with E-state index >= 15 is 0 Å². The van der Waals surface area contributed by atoms with Gasteiger partial charge >= 0.3 is 0 Å². The fourth-order valence-corrected chi connectivity index (χ4v) is 1.78. The molecule has 0 aliphatic heterocycles. The van der Waals surface area contributed by atoms with Crippen LogP contribution in [0.25, 0.3) is 0 Å². The molecule has 0 N–H and O–H groups in total. The zero-order valence-corrected chi connectivity index (χ0v) is 11.7. The molecule has 0 spiro atoms. The monoisotopic (exact) mass is 234 g/mol. The quantitative estimate of drug-likeness (QED) is 0.738. The summed E-state index contributed by atoms with van der Waals surface area (Å²) in [6.07, 6.45) is 0.844. The largest absolute Gasteiger partial charge is 0.496 e. The van der Waals surface area contributed by atoms with Gasteiger partial charge in [0.2, 0.25) is 0 Å². The molecule has 1 aromatic carbocycles. The molecule has 17 heavy (non-hydrogen) atoms. The van der Waals surface area contributed by atoms with Gasteiger partial charge in [-0.2, -0.15) is 0 Å². The lowest BCUT2D eigenvalue weighted by Gasteiger charge is -2.22. The molecular formula is C15H22O2. The van der Waals surface area contributed by atoms with Crippen molar-refractivity contribution in [1.82, 2.24) is 0 Å². The van der Waals surface area contributed by atoms with E-state index in [4.69, 9.17) is 4.74 Å². The number of aryl methyl sites for hydroxylation is 2. The molecule has 1 aromatic rings. The van der Waals surface area contributed by atoms with Gasteiger partial charge in [-0.15, -0.1) is 0 Å². The van der Waals surface area contributed by atoms with Crippen LogP contribution in [0.4, 0.5) is 0 Å². The Balaban J connectivity index is 3.25. The van der Waals surface area contributed by atoms with E-state index in [1.807, 2.05) is 46.8 Å². The summed E-state index contributed by atoms with van der Waals surface area (Å²) in [6, 6.07) is 3.88. The highest BCUT2D eigenvalue weighted by atomic mass is 16.5. The van der Waals surface area contributed by atoms with Gasteiger partial charge in [0.05, 0.1) is 7.11 Å². The average molecular weight is 234 g/mol. The Kier molecular flexibility index (Phi) is 3.97. The predicted molar refractivity (Wildman–Crippen MR) is 70.9 cm³/mol. The molecule has 0 atom stereocenters. The van der Waals surface area contributed by atoms with E-state index in [0.29, 0.717) is 0 Å². The Morgan fingerprint density at radius 2 is 1.82 bits per heavy atom. The smallest absolute Gasteiger partial charge is 0.168 e. The number of hydrogen-bond acceptors (Lipinski definition) is 2.